The molecule has 0 saturated carbocycles. The topological polar surface area (TPSA) is 236 Å². The zero-order chi connectivity index (χ0) is 41.4. The van der Waals surface area contributed by atoms with E-state index < -0.39 is 50.3 Å². The van der Waals surface area contributed by atoms with Crippen molar-refractivity contribution < 1.29 is 61.4 Å². The molecule has 0 aliphatic rings. The van der Waals surface area contributed by atoms with E-state index >= 15 is 0 Å². The minimum absolute atomic E-state index is 0.150. The zero-order valence-electron chi connectivity index (χ0n) is 29.2. The Kier molecular flexibility index (Phi) is 9.29. The highest BCUT2D eigenvalue weighted by atomic mass is 32.2. The van der Waals surface area contributed by atoms with Crippen molar-refractivity contribution in [2.24, 2.45) is 0 Å². The molecular weight excluding hydrogens is 833 g/mol. The maximum Gasteiger partial charge on any atom is 0.294 e. The van der Waals surface area contributed by atoms with E-state index in [4.69, 9.17) is 9.47 Å². The second-order valence-corrected chi connectivity index (χ2v) is 18.7. The third-order valence-electron chi connectivity index (χ3n) is 9.45. The number of ether oxygens (including phenoxy) is 2. The summed E-state index contributed by atoms with van der Waals surface area (Å²) in [6.45, 7) is 0. The summed E-state index contributed by atoms with van der Waals surface area (Å²) in [5.74, 6) is 0.994. The first-order valence-electron chi connectivity index (χ1n) is 16.7. The molecule has 0 spiro atoms. The summed E-state index contributed by atoms with van der Waals surface area (Å²) in [5.41, 5.74) is 0.986. The van der Waals surface area contributed by atoms with E-state index in [1.54, 1.807) is 12.1 Å². The Balaban J connectivity index is 1.24. The maximum atomic E-state index is 12.1. The molecule has 0 atom stereocenters. The van der Waals surface area contributed by atoms with Gasteiger partial charge in [-0.25, -0.2) is 0 Å². The van der Waals surface area contributed by atoms with E-state index in [2.05, 4.69) is 0 Å². The quantitative estimate of drug-likeness (QED) is 0.0746. The van der Waals surface area contributed by atoms with Crippen LogP contribution in [0.2, 0.25) is 0 Å². The lowest BCUT2D eigenvalue weighted by Gasteiger charge is -2.19. The molecule has 8 aromatic carbocycles. The van der Waals surface area contributed by atoms with E-state index in [1.807, 2.05) is 36.4 Å². The third-order valence-corrected chi connectivity index (χ3v) is 12.9. The van der Waals surface area contributed by atoms with Gasteiger partial charge in [-0.2, -0.15) is 33.7 Å². The second kappa shape index (κ2) is 13.9. The molecule has 0 aliphatic heterocycles. The molecule has 14 nitrogen and oxygen atoms in total. The highest BCUT2D eigenvalue weighted by molar-refractivity contribution is 7.86. The summed E-state index contributed by atoms with van der Waals surface area (Å²) >= 11 is 0. The Labute approximate surface area is 330 Å². The molecule has 0 unspecified atom stereocenters. The lowest BCUT2D eigenvalue weighted by Crippen LogP contribution is -2.00. The van der Waals surface area contributed by atoms with Gasteiger partial charge in [-0.3, -0.25) is 18.2 Å². The largest absolute Gasteiger partial charge is 0.456 e. The van der Waals surface area contributed by atoms with Crippen molar-refractivity contribution in [2.75, 3.05) is 0 Å². The first-order chi connectivity index (χ1) is 27.3. The van der Waals surface area contributed by atoms with Crippen LogP contribution < -0.4 is 9.47 Å². The van der Waals surface area contributed by atoms with Gasteiger partial charge in [0.25, 0.3) is 40.5 Å². The summed E-state index contributed by atoms with van der Waals surface area (Å²) in [4.78, 5) is -1.66. The molecule has 0 bridgehead atoms. The summed E-state index contributed by atoms with van der Waals surface area (Å²) < 4.78 is 147. The molecule has 58 heavy (non-hydrogen) atoms. The maximum absolute atomic E-state index is 12.1. The predicted molar refractivity (Wildman–Crippen MR) is 213 cm³/mol. The molecule has 0 amide bonds. The van der Waals surface area contributed by atoms with Gasteiger partial charge in [-0.05, 0) is 107 Å². The van der Waals surface area contributed by atoms with Crippen LogP contribution in [0.4, 0.5) is 0 Å². The van der Waals surface area contributed by atoms with E-state index in [-0.39, 0.29) is 32.4 Å². The average Bonchev–Trinajstić information content (AvgIpc) is 3.17. The molecule has 0 aliphatic carbocycles. The Bertz CT molecular complexity index is 3190. The van der Waals surface area contributed by atoms with Crippen molar-refractivity contribution in [1.82, 2.24) is 0 Å². The van der Waals surface area contributed by atoms with Crippen molar-refractivity contribution in [2.45, 2.75) is 19.6 Å². The van der Waals surface area contributed by atoms with Gasteiger partial charge in [-0.15, -0.1) is 0 Å². The number of hydrogen-bond donors (Lipinski definition) is 4. The van der Waals surface area contributed by atoms with Crippen molar-refractivity contribution in [1.29, 1.82) is 0 Å². The fourth-order valence-electron chi connectivity index (χ4n) is 6.74. The molecule has 0 saturated heterocycles. The van der Waals surface area contributed by atoms with Crippen molar-refractivity contribution >= 4 is 72.8 Å². The lowest BCUT2D eigenvalue weighted by molar-refractivity contribution is 0.478. The van der Waals surface area contributed by atoms with Crippen LogP contribution in [0.15, 0.2) is 153 Å². The van der Waals surface area contributed by atoms with E-state index in [9.17, 15) is 51.9 Å². The fourth-order valence-corrected chi connectivity index (χ4v) is 8.72. The van der Waals surface area contributed by atoms with E-state index in [0.29, 0.717) is 33.4 Å². The molecule has 18 heteroatoms. The molecule has 8 rings (SSSR count). The van der Waals surface area contributed by atoms with Gasteiger partial charge in [0, 0.05) is 32.7 Å². The predicted octanol–water partition coefficient (Wildman–Crippen LogP) is 8.49. The highest BCUT2D eigenvalue weighted by Gasteiger charge is 2.21. The fraction of sp³-hybridized carbons (Fsp3) is 0. The number of hydrogen-bond acceptors (Lipinski definition) is 10. The normalized spacial score (nSPS) is 12.7. The standard InChI is InChI=1S/C40H26O14S4/c41-55(42,43)27-9-1-23(2-10-27)33-21-29(57(47,48)49)13-19-37(33)53-35-17-7-25-6-16-32-36(18-8-26-5-15-31(35)39(25)40(26)32)54-38-20-14-30(58(50,51)52)22-34(38)24-3-11-28(12-4-24)56(44,45)46/h1-22H,(H,41,42,43)(H,44,45,46)(H,47,48,49)(H,50,51,52). The minimum Gasteiger partial charge on any atom is -0.456 e. The van der Waals surface area contributed by atoms with Gasteiger partial charge in [0.05, 0.1) is 19.6 Å². The number of rotatable bonds is 10. The van der Waals surface area contributed by atoms with Crippen LogP contribution in [0.25, 0.3) is 54.6 Å². The van der Waals surface area contributed by atoms with Crippen molar-refractivity contribution in [3.63, 3.8) is 0 Å². The average molecular weight is 859 g/mol. The first-order valence-corrected chi connectivity index (χ1v) is 22.5. The third kappa shape index (κ3) is 7.34. The van der Waals surface area contributed by atoms with Gasteiger partial charge in [0.2, 0.25) is 0 Å². The number of benzene rings is 8. The Morgan fingerprint density at radius 3 is 0.948 bits per heavy atom. The zero-order valence-corrected chi connectivity index (χ0v) is 32.5. The summed E-state index contributed by atoms with van der Waals surface area (Å²) in [7, 11) is -18.4. The molecular formula is C40H26O14S4. The summed E-state index contributed by atoms with van der Waals surface area (Å²) in [6.07, 6.45) is 0. The molecule has 0 heterocycles. The van der Waals surface area contributed by atoms with Crippen LogP contribution in [0.3, 0.4) is 0 Å². The van der Waals surface area contributed by atoms with Crippen LogP contribution in [0, 0.1) is 0 Å². The first kappa shape index (κ1) is 38.9. The van der Waals surface area contributed by atoms with Crippen LogP contribution in [-0.2, 0) is 40.5 Å². The SMILES string of the molecule is O=S(=O)(O)c1ccc(-c2cc(S(=O)(=O)O)ccc2Oc2ccc3ccc4c(Oc5ccc(S(=O)(=O)O)cc5-c5ccc(S(=O)(=O)O)cc5)ccc5ccc2c3c54)cc1. The van der Waals surface area contributed by atoms with Gasteiger partial charge in [0.1, 0.15) is 23.0 Å². The van der Waals surface area contributed by atoms with Crippen LogP contribution in [-0.4, -0.2) is 51.9 Å². The van der Waals surface area contributed by atoms with Gasteiger partial charge < -0.3 is 9.47 Å². The van der Waals surface area contributed by atoms with Crippen molar-refractivity contribution in [3.8, 4) is 45.3 Å². The second-order valence-electron chi connectivity index (χ2n) is 13.0. The van der Waals surface area contributed by atoms with Crippen LogP contribution in [0.5, 0.6) is 23.0 Å². The van der Waals surface area contributed by atoms with E-state index in [1.165, 1.54) is 48.5 Å². The monoisotopic (exact) mass is 858 g/mol. The van der Waals surface area contributed by atoms with Crippen molar-refractivity contribution in [3.05, 3.63) is 133 Å². The Hall–Kier alpha value is -5.96. The smallest absolute Gasteiger partial charge is 0.294 e. The highest BCUT2D eigenvalue weighted by Crippen LogP contribution is 2.46. The molecule has 294 valence electrons. The lowest BCUT2D eigenvalue weighted by atomic mass is 9.93. The van der Waals surface area contributed by atoms with E-state index in [0.717, 1.165) is 57.9 Å². The van der Waals surface area contributed by atoms with Gasteiger partial charge in [0.15, 0.2) is 0 Å². The summed E-state index contributed by atoms with van der Waals surface area (Å²) in [5, 5.41) is 4.42. The Morgan fingerprint density at radius 2 is 0.621 bits per heavy atom. The molecule has 4 N–H and O–H groups in total. The summed E-state index contributed by atoms with van der Waals surface area (Å²) in [6, 6.07) is 31.8. The van der Waals surface area contributed by atoms with Crippen LogP contribution in [0.1, 0.15) is 0 Å². The molecule has 0 fully saturated rings. The molecule has 0 radical (unpaired) electrons. The minimum atomic E-state index is -4.66. The van der Waals surface area contributed by atoms with Gasteiger partial charge >= 0.3 is 0 Å². The Morgan fingerprint density at radius 1 is 0.328 bits per heavy atom. The van der Waals surface area contributed by atoms with Gasteiger partial charge in [-0.1, -0.05) is 48.5 Å². The molecule has 0 aromatic heterocycles. The molecule has 8 aromatic rings. The van der Waals surface area contributed by atoms with Crippen LogP contribution >= 0.6 is 0 Å².